The van der Waals surface area contributed by atoms with E-state index < -0.39 is 11.5 Å². The first-order valence-electron chi connectivity index (χ1n) is 13.5. The first-order chi connectivity index (χ1) is 18.4. The summed E-state index contributed by atoms with van der Waals surface area (Å²) < 4.78 is 40.4. The zero-order valence-electron chi connectivity index (χ0n) is 22.9. The van der Waals surface area contributed by atoms with Gasteiger partial charge in [0.05, 0.1) is 5.69 Å². The van der Waals surface area contributed by atoms with Crippen LogP contribution in [0.25, 0.3) is 11.3 Å². The van der Waals surface area contributed by atoms with E-state index in [-0.39, 0.29) is 43.2 Å². The van der Waals surface area contributed by atoms with Gasteiger partial charge in [-0.15, -0.1) is 0 Å². The topological polar surface area (TPSA) is 88.1 Å². The Kier molecular flexibility index (Phi) is 7.11. The predicted molar refractivity (Wildman–Crippen MR) is 141 cm³/mol. The van der Waals surface area contributed by atoms with Crippen LogP contribution >= 0.6 is 0 Å². The van der Waals surface area contributed by atoms with E-state index in [0.717, 1.165) is 13.0 Å². The maximum Gasteiger partial charge on any atom is 0.410 e. The molecule has 0 saturated carbocycles. The molecular formula is C28H35F2N5O4. The number of rotatable bonds is 5. The molecular weight excluding hydrogens is 508 g/mol. The summed E-state index contributed by atoms with van der Waals surface area (Å²) in [5.74, 6) is -2.29. The van der Waals surface area contributed by atoms with Crippen molar-refractivity contribution >= 4 is 17.9 Å². The Bertz CT molecular complexity index is 1240. The van der Waals surface area contributed by atoms with Gasteiger partial charge in [0.15, 0.2) is 6.61 Å². The van der Waals surface area contributed by atoms with Gasteiger partial charge >= 0.3 is 6.09 Å². The fourth-order valence-corrected chi connectivity index (χ4v) is 5.00. The monoisotopic (exact) mass is 543 g/mol. The number of hydrogen-bond acceptors (Lipinski definition) is 7. The van der Waals surface area contributed by atoms with Crippen LogP contribution < -0.4 is 9.64 Å². The van der Waals surface area contributed by atoms with Gasteiger partial charge in [-0.25, -0.2) is 14.8 Å². The van der Waals surface area contributed by atoms with Gasteiger partial charge in [0.1, 0.15) is 17.0 Å². The summed E-state index contributed by atoms with van der Waals surface area (Å²) in [4.78, 5) is 39.1. The summed E-state index contributed by atoms with van der Waals surface area (Å²) >= 11 is 0. The molecule has 5 rings (SSSR count). The highest BCUT2D eigenvalue weighted by atomic mass is 19.3. The summed E-state index contributed by atoms with van der Waals surface area (Å²) in [6, 6.07) is 7.22. The number of alkyl halides is 2. The van der Waals surface area contributed by atoms with E-state index >= 15 is 0 Å². The van der Waals surface area contributed by atoms with Gasteiger partial charge in [-0.2, -0.15) is 8.78 Å². The molecule has 2 amide bonds. The molecule has 0 radical (unpaired) electrons. The summed E-state index contributed by atoms with van der Waals surface area (Å²) in [5.41, 5.74) is 0.988. The van der Waals surface area contributed by atoms with Crippen molar-refractivity contribution < 1.29 is 27.8 Å². The van der Waals surface area contributed by atoms with Gasteiger partial charge in [0, 0.05) is 56.3 Å². The van der Waals surface area contributed by atoms with Crippen molar-refractivity contribution in [2.45, 2.75) is 64.5 Å². The molecule has 0 unspecified atom stereocenters. The van der Waals surface area contributed by atoms with Crippen LogP contribution in [0.4, 0.5) is 19.5 Å². The second-order valence-electron chi connectivity index (χ2n) is 11.4. The largest absolute Gasteiger partial charge is 0.484 e. The van der Waals surface area contributed by atoms with Gasteiger partial charge in [0.2, 0.25) is 5.95 Å². The molecule has 9 nitrogen and oxygen atoms in total. The van der Waals surface area contributed by atoms with Crippen LogP contribution in [-0.4, -0.2) is 82.7 Å². The second-order valence-corrected chi connectivity index (χ2v) is 11.4. The molecule has 1 atom stereocenters. The van der Waals surface area contributed by atoms with Crippen LogP contribution in [0.5, 0.6) is 5.75 Å². The van der Waals surface area contributed by atoms with E-state index in [1.165, 1.54) is 0 Å². The number of ether oxygens (including phenoxy) is 2. The summed E-state index contributed by atoms with van der Waals surface area (Å²) in [6.07, 6.45) is 0.561. The lowest BCUT2D eigenvalue weighted by Gasteiger charge is -2.39. The first kappa shape index (κ1) is 27.1. The highest BCUT2D eigenvalue weighted by molar-refractivity contribution is 5.78. The van der Waals surface area contributed by atoms with Crippen LogP contribution in [0.1, 0.15) is 51.8 Å². The van der Waals surface area contributed by atoms with Gasteiger partial charge < -0.3 is 24.2 Å². The molecule has 2 saturated heterocycles. The number of aromatic nitrogens is 2. The van der Waals surface area contributed by atoms with E-state index in [1.54, 1.807) is 34.1 Å². The average molecular weight is 544 g/mol. The fourth-order valence-electron chi connectivity index (χ4n) is 5.00. The van der Waals surface area contributed by atoms with Crippen LogP contribution in [0.3, 0.4) is 0 Å². The SMILES string of the molecule is C[C@H]1CCN1c1nc(-c2ccc(OCC(=O)N3CCN(C(=O)OC(C)(C)C)CC3)cc2)c2c(n1)C(F)(F)CC2. The maximum absolute atomic E-state index is 14.6. The van der Waals surface area contributed by atoms with E-state index in [0.29, 0.717) is 54.7 Å². The van der Waals surface area contributed by atoms with Crippen LogP contribution in [0, 0.1) is 0 Å². The van der Waals surface area contributed by atoms with E-state index in [4.69, 9.17) is 14.5 Å². The van der Waals surface area contributed by atoms with Crippen molar-refractivity contribution in [2.24, 2.45) is 0 Å². The normalized spacial score (nSPS) is 20.4. The smallest absolute Gasteiger partial charge is 0.410 e. The van der Waals surface area contributed by atoms with Gasteiger partial charge in [-0.05, 0) is 64.8 Å². The maximum atomic E-state index is 14.6. The van der Waals surface area contributed by atoms with E-state index in [1.807, 2.05) is 32.6 Å². The number of carbonyl (C=O) groups excluding carboxylic acids is 2. The number of amides is 2. The molecule has 1 aromatic carbocycles. The zero-order chi connectivity index (χ0) is 27.9. The van der Waals surface area contributed by atoms with Crippen LogP contribution in [-0.2, 0) is 21.9 Å². The molecule has 2 aliphatic heterocycles. The lowest BCUT2D eigenvalue weighted by molar-refractivity contribution is -0.135. The molecule has 11 heteroatoms. The van der Waals surface area contributed by atoms with Crippen molar-refractivity contribution in [3.8, 4) is 17.0 Å². The van der Waals surface area contributed by atoms with Gasteiger partial charge in [-0.1, -0.05) is 0 Å². The molecule has 1 aliphatic carbocycles. The highest BCUT2D eigenvalue weighted by Gasteiger charge is 2.44. The Morgan fingerprint density at radius 3 is 2.28 bits per heavy atom. The average Bonchev–Trinajstić information content (AvgIpc) is 3.19. The van der Waals surface area contributed by atoms with Crippen LogP contribution in [0.2, 0.25) is 0 Å². The lowest BCUT2D eigenvalue weighted by Crippen LogP contribution is -2.52. The quantitative estimate of drug-likeness (QED) is 0.558. The van der Waals surface area contributed by atoms with Crippen LogP contribution in [0.15, 0.2) is 24.3 Å². The fraction of sp³-hybridized carbons (Fsp3) is 0.571. The Hall–Kier alpha value is -3.50. The number of hydrogen-bond donors (Lipinski definition) is 0. The Labute approximate surface area is 227 Å². The third-order valence-corrected chi connectivity index (χ3v) is 7.38. The third-order valence-electron chi connectivity index (χ3n) is 7.38. The van der Waals surface area contributed by atoms with Gasteiger partial charge in [-0.3, -0.25) is 4.79 Å². The summed E-state index contributed by atoms with van der Waals surface area (Å²) in [6.45, 7) is 9.70. The molecule has 3 aliphatic rings. The molecule has 1 aromatic heterocycles. The first-order valence-corrected chi connectivity index (χ1v) is 13.5. The van der Waals surface area contributed by atoms with E-state index in [9.17, 15) is 18.4 Å². The van der Waals surface area contributed by atoms with Crippen molar-refractivity contribution in [3.05, 3.63) is 35.5 Å². The standard InChI is InChI=1S/C28H35F2N5O4/c1-18-10-12-35(18)25-31-23(21-9-11-28(29,30)24(21)32-25)19-5-7-20(8-6-19)38-17-22(36)33-13-15-34(16-14-33)26(37)39-27(2,3)4/h5-8,18H,9-17H2,1-4H3/t18-/m0/s1. The number of benzene rings is 1. The van der Waals surface area contributed by atoms with Crippen molar-refractivity contribution in [3.63, 3.8) is 0 Å². The number of halogens is 2. The lowest BCUT2D eigenvalue weighted by atomic mass is 10.0. The number of anilines is 1. The number of piperazine rings is 1. The molecule has 3 heterocycles. The van der Waals surface area contributed by atoms with Crippen molar-refractivity contribution in [1.29, 1.82) is 0 Å². The highest BCUT2D eigenvalue weighted by Crippen LogP contribution is 2.45. The minimum Gasteiger partial charge on any atom is -0.484 e. The molecule has 2 fully saturated rings. The van der Waals surface area contributed by atoms with Crippen molar-refractivity contribution in [1.82, 2.24) is 19.8 Å². The minimum absolute atomic E-state index is 0.141. The number of fused-ring (bicyclic) bond motifs is 1. The third kappa shape index (κ3) is 5.77. The summed E-state index contributed by atoms with van der Waals surface area (Å²) in [7, 11) is 0. The molecule has 39 heavy (non-hydrogen) atoms. The molecule has 210 valence electrons. The summed E-state index contributed by atoms with van der Waals surface area (Å²) in [5, 5.41) is 0. The van der Waals surface area contributed by atoms with Gasteiger partial charge in [0.25, 0.3) is 11.8 Å². The molecule has 2 aromatic rings. The second kappa shape index (κ2) is 10.2. The Morgan fingerprint density at radius 2 is 1.69 bits per heavy atom. The minimum atomic E-state index is -2.96. The Balaban J connectivity index is 1.21. The zero-order valence-corrected chi connectivity index (χ0v) is 22.9. The molecule has 0 spiro atoms. The number of carbonyl (C=O) groups is 2. The molecule has 0 bridgehead atoms. The van der Waals surface area contributed by atoms with E-state index in [2.05, 4.69) is 4.98 Å². The molecule has 0 N–H and O–H groups in total. The Morgan fingerprint density at radius 1 is 1.03 bits per heavy atom. The van der Waals surface area contributed by atoms with Crippen molar-refractivity contribution in [2.75, 3.05) is 44.2 Å². The number of nitrogens with zero attached hydrogens (tertiary/aromatic N) is 5. The predicted octanol–water partition coefficient (Wildman–Crippen LogP) is 4.24.